The standard InChI is InChI=1S/C21H17N5O4S/c1-12-8-17(27)18(25-26(12)14-6-4-3-5-7-14)19(28)24-21-23-16(11-31-21)13-9-15(22-10-13)20(29)30-2/h3-11,22H,1-2H3,(H,23,24,28). The van der Waals surface area contributed by atoms with Gasteiger partial charge in [0.1, 0.15) is 5.69 Å². The fourth-order valence-corrected chi connectivity index (χ4v) is 3.64. The molecule has 0 radical (unpaired) electrons. The first-order valence-corrected chi connectivity index (χ1v) is 10.0. The number of amides is 1. The van der Waals surface area contributed by atoms with E-state index in [9.17, 15) is 14.4 Å². The summed E-state index contributed by atoms with van der Waals surface area (Å²) in [5, 5.41) is 8.89. The predicted octanol–water partition coefficient (Wildman–Crippen LogP) is 3.03. The number of anilines is 1. The van der Waals surface area contributed by atoms with Crippen molar-refractivity contribution in [1.29, 1.82) is 0 Å². The molecule has 0 aliphatic heterocycles. The average Bonchev–Trinajstić information content (AvgIpc) is 3.43. The summed E-state index contributed by atoms with van der Waals surface area (Å²) < 4.78 is 6.21. The number of methoxy groups -OCH3 is 1. The Hall–Kier alpha value is -4.05. The molecule has 10 heteroatoms. The normalized spacial score (nSPS) is 10.6. The van der Waals surface area contributed by atoms with Crippen molar-refractivity contribution in [1.82, 2.24) is 19.7 Å². The number of benzene rings is 1. The van der Waals surface area contributed by atoms with Crippen LogP contribution in [-0.4, -0.2) is 38.7 Å². The zero-order chi connectivity index (χ0) is 22.0. The molecule has 1 amide bonds. The molecule has 0 fully saturated rings. The third kappa shape index (κ3) is 4.14. The van der Waals surface area contributed by atoms with E-state index in [1.165, 1.54) is 29.2 Å². The predicted molar refractivity (Wildman–Crippen MR) is 116 cm³/mol. The van der Waals surface area contributed by atoms with Gasteiger partial charge in [0.05, 0.1) is 18.5 Å². The van der Waals surface area contributed by atoms with Crippen molar-refractivity contribution < 1.29 is 14.3 Å². The highest BCUT2D eigenvalue weighted by atomic mass is 32.1. The van der Waals surface area contributed by atoms with E-state index in [-0.39, 0.29) is 5.69 Å². The van der Waals surface area contributed by atoms with Crippen LogP contribution in [0.25, 0.3) is 16.9 Å². The van der Waals surface area contributed by atoms with Crippen LogP contribution in [-0.2, 0) is 4.74 Å². The lowest BCUT2D eigenvalue weighted by Crippen LogP contribution is -2.26. The minimum atomic E-state index is -0.653. The van der Waals surface area contributed by atoms with E-state index in [0.717, 1.165) is 5.69 Å². The number of carbonyl (C=O) groups excluding carboxylic acids is 2. The lowest BCUT2D eigenvalue weighted by Gasteiger charge is -2.10. The molecule has 9 nitrogen and oxygen atoms in total. The SMILES string of the molecule is COC(=O)c1cc(-c2csc(NC(=O)c3nn(-c4ccccc4)c(C)cc3=O)n2)c[nH]1. The van der Waals surface area contributed by atoms with E-state index in [4.69, 9.17) is 0 Å². The van der Waals surface area contributed by atoms with Crippen molar-refractivity contribution in [2.75, 3.05) is 12.4 Å². The molecule has 3 aromatic heterocycles. The number of aryl methyl sites for hydroxylation is 1. The number of aromatic nitrogens is 4. The summed E-state index contributed by atoms with van der Waals surface area (Å²) in [7, 11) is 1.30. The summed E-state index contributed by atoms with van der Waals surface area (Å²) in [4.78, 5) is 43.8. The van der Waals surface area contributed by atoms with Gasteiger partial charge in [-0.15, -0.1) is 11.3 Å². The molecule has 0 unspecified atom stereocenters. The van der Waals surface area contributed by atoms with Crippen molar-refractivity contribution in [3.05, 3.63) is 81.3 Å². The van der Waals surface area contributed by atoms with Gasteiger partial charge in [-0.3, -0.25) is 14.9 Å². The van der Waals surface area contributed by atoms with Gasteiger partial charge in [0.15, 0.2) is 10.8 Å². The zero-order valence-corrected chi connectivity index (χ0v) is 17.4. The Labute approximate surface area is 180 Å². The molecule has 0 atom stereocenters. The van der Waals surface area contributed by atoms with Gasteiger partial charge >= 0.3 is 5.97 Å². The molecule has 0 saturated carbocycles. The highest BCUT2D eigenvalue weighted by molar-refractivity contribution is 7.14. The number of aromatic amines is 1. The first-order valence-electron chi connectivity index (χ1n) is 9.16. The van der Waals surface area contributed by atoms with Crippen LogP contribution < -0.4 is 10.7 Å². The Balaban J connectivity index is 1.57. The highest BCUT2D eigenvalue weighted by Crippen LogP contribution is 2.26. The maximum absolute atomic E-state index is 12.7. The molecule has 4 rings (SSSR count). The van der Waals surface area contributed by atoms with Crippen LogP contribution in [0.2, 0.25) is 0 Å². The Morgan fingerprint density at radius 1 is 1.19 bits per heavy atom. The molecule has 0 aliphatic rings. The maximum atomic E-state index is 12.7. The number of para-hydroxylation sites is 1. The van der Waals surface area contributed by atoms with Crippen LogP contribution in [0.1, 0.15) is 26.7 Å². The van der Waals surface area contributed by atoms with E-state index in [2.05, 4.69) is 25.1 Å². The van der Waals surface area contributed by atoms with E-state index in [0.29, 0.717) is 27.8 Å². The number of hydrogen-bond acceptors (Lipinski definition) is 7. The summed E-state index contributed by atoms with van der Waals surface area (Å²) in [6, 6.07) is 12.2. The number of carbonyl (C=O) groups is 2. The number of nitrogens with zero attached hydrogens (tertiary/aromatic N) is 3. The number of esters is 1. The molecular weight excluding hydrogens is 418 g/mol. The third-order valence-electron chi connectivity index (χ3n) is 4.43. The van der Waals surface area contributed by atoms with Crippen LogP contribution in [0.15, 0.2) is 58.8 Å². The molecule has 156 valence electrons. The summed E-state index contributed by atoms with van der Waals surface area (Å²) >= 11 is 1.19. The van der Waals surface area contributed by atoms with Gasteiger partial charge in [-0.2, -0.15) is 5.10 Å². The van der Waals surface area contributed by atoms with Crippen molar-refractivity contribution in [2.45, 2.75) is 6.92 Å². The third-order valence-corrected chi connectivity index (χ3v) is 5.19. The molecule has 0 bridgehead atoms. The largest absolute Gasteiger partial charge is 0.464 e. The van der Waals surface area contributed by atoms with Crippen LogP contribution in [0, 0.1) is 6.92 Å². The van der Waals surface area contributed by atoms with Crippen molar-refractivity contribution in [3.8, 4) is 16.9 Å². The molecule has 0 spiro atoms. The fourth-order valence-electron chi connectivity index (χ4n) is 2.93. The van der Waals surface area contributed by atoms with E-state index < -0.39 is 17.3 Å². The van der Waals surface area contributed by atoms with Crippen molar-refractivity contribution in [3.63, 3.8) is 0 Å². The molecule has 4 aromatic rings. The average molecular weight is 435 g/mol. The van der Waals surface area contributed by atoms with E-state index >= 15 is 0 Å². The molecule has 0 aliphatic carbocycles. The molecule has 1 aromatic carbocycles. The van der Waals surface area contributed by atoms with Crippen molar-refractivity contribution in [2.24, 2.45) is 0 Å². The number of nitrogens with one attached hydrogen (secondary N) is 2. The van der Waals surface area contributed by atoms with Gasteiger partial charge in [0, 0.05) is 28.9 Å². The van der Waals surface area contributed by atoms with E-state index in [1.807, 2.05) is 30.3 Å². The summed E-state index contributed by atoms with van der Waals surface area (Å²) in [6.07, 6.45) is 1.62. The van der Waals surface area contributed by atoms with Crippen LogP contribution in [0.4, 0.5) is 5.13 Å². The lowest BCUT2D eigenvalue weighted by molar-refractivity contribution is 0.0594. The van der Waals surface area contributed by atoms with Gasteiger partial charge in [-0.05, 0) is 25.1 Å². The lowest BCUT2D eigenvalue weighted by atomic mass is 10.2. The van der Waals surface area contributed by atoms with Gasteiger partial charge in [0.25, 0.3) is 5.91 Å². The minimum Gasteiger partial charge on any atom is -0.464 e. The summed E-state index contributed by atoms with van der Waals surface area (Å²) in [5.41, 5.74) is 2.15. The first-order chi connectivity index (χ1) is 15.0. The second-order valence-corrected chi connectivity index (χ2v) is 7.39. The number of hydrogen-bond donors (Lipinski definition) is 2. The summed E-state index contributed by atoms with van der Waals surface area (Å²) in [5.74, 6) is -1.14. The smallest absolute Gasteiger partial charge is 0.354 e. The molecule has 31 heavy (non-hydrogen) atoms. The number of rotatable bonds is 5. The molecular formula is C21H17N5O4S. The first kappa shape index (κ1) is 20.2. The summed E-state index contributed by atoms with van der Waals surface area (Å²) in [6.45, 7) is 1.75. The number of H-pyrrole nitrogens is 1. The maximum Gasteiger partial charge on any atom is 0.354 e. The monoisotopic (exact) mass is 435 g/mol. The molecule has 2 N–H and O–H groups in total. The van der Waals surface area contributed by atoms with Gasteiger partial charge in [0.2, 0.25) is 5.43 Å². The minimum absolute atomic E-state index is 0.235. The van der Waals surface area contributed by atoms with Crippen molar-refractivity contribution >= 4 is 28.3 Å². The Morgan fingerprint density at radius 2 is 1.97 bits per heavy atom. The molecule has 3 heterocycles. The van der Waals surface area contributed by atoms with Crippen LogP contribution in [0.5, 0.6) is 0 Å². The van der Waals surface area contributed by atoms with Crippen LogP contribution in [0.3, 0.4) is 0 Å². The van der Waals surface area contributed by atoms with Gasteiger partial charge in [-0.1, -0.05) is 18.2 Å². The fraction of sp³-hybridized carbons (Fsp3) is 0.0952. The van der Waals surface area contributed by atoms with Gasteiger partial charge < -0.3 is 9.72 Å². The number of thiazole rings is 1. The van der Waals surface area contributed by atoms with Crippen LogP contribution >= 0.6 is 11.3 Å². The zero-order valence-electron chi connectivity index (χ0n) is 16.6. The Kier molecular flexibility index (Phi) is 5.46. The second-order valence-electron chi connectivity index (χ2n) is 6.53. The molecule has 0 saturated heterocycles. The highest BCUT2D eigenvalue weighted by Gasteiger charge is 2.18. The van der Waals surface area contributed by atoms with E-state index in [1.54, 1.807) is 24.6 Å². The quantitative estimate of drug-likeness (QED) is 0.465. The topological polar surface area (TPSA) is 119 Å². The number of ether oxygens (including phenoxy) is 1. The van der Waals surface area contributed by atoms with Gasteiger partial charge in [-0.25, -0.2) is 14.5 Å². The Bertz CT molecular complexity index is 1320. The second kappa shape index (κ2) is 8.36. The Morgan fingerprint density at radius 3 is 2.71 bits per heavy atom.